The molecular formula is C17H35NO3. The minimum absolute atomic E-state index is 0.0397. The van der Waals surface area contributed by atoms with Crippen molar-refractivity contribution in [2.45, 2.75) is 70.4 Å². The van der Waals surface area contributed by atoms with Crippen molar-refractivity contribution in [3.05, 3.63) is 0 Å². The van der Waals surface area contributed by atoms with Crippen molar-refractivity contribution >= 4 is 0 Å². The highest BCUT2D eigenvalue weighted by atomic mass is 16.5. The molecule has 0 atom stereocenters. The molecule has 0 aromatic carbocycles. The second-order valence-corrected chi connectivity index (χ2v) is 7.15. The highest BCUT2D eigenvalue weighted by Crippen LogP contribution is 2.31. The lowest BCUT2D eigenvalue weighted by atomic mass is 9.84. The summed E-state index contributed by atoms with van der Waals surface area (Å²) in [5.74, 6) is 0. The molecule has 0 bridgehead atoms. The molecule has 0 saturated heterocycles. The summed E-state index contributed by atoms with van der Waals surface area (Å²) in [6.45, 7) is 10.5. The minimum atomic E-state index is 0.0397. The van der Waals surface area contributed by atoms with Gasteiger partial charge in [0.2, 0.25) is 0 Å². The zero-order valence-electron chi connectivity index (χ0n) is 14.5. The molecule has 21 heavy (non-hydrogen) atoms. The standard InChI is InChI=1S/C17H35NO3/c1-16(2,3)18-15-17(9-6-5-7-10-17)21-12-8-11-20-14-13-19-4/h18H,5-15H2,1-4H3. The molecule has 4 heteroatoms. The average Bonchev–Trinajstić information content (AvgIpc) is 2.45. The number of ether oxygens (including phenoxy) is 3. The van der Waals surface area contributed by atoms with Crippen LogP contribution in [-0.2, 0) is 14.2 Å². The molecule has 0 aliphatic heterocycles. The summed E-state index contributed by atoms with van der Waals surface area (Å²) in [7, 11) is 1.70. The van der Waals surface area contributed by atoms with Crippen molar-refractivity contribution in [1.82, 2.24) is 5.32 Å². The van der Waals surface area contributed by atoms with Crippen molar-refractivity contribution in [3.8, 4) is 0 Å². The van der Waals surface area contributed by atoms with Crippen LogP contribution in [0.4, 0.5) is 0 Å². The van der Waals surface area contributed by atoms with E-state index >= 15 is 0 Å². The third kappa shape index (κ3) is 8.77. The monoisotopic (exact) mass is 301 g/mol. The molecule has 0 radical (unpaired) electrons. The molecule has 0 heterocycles. The third-order valence-electron chi connectivity index (χ3n) is 3.98. The fraction of sp³-hybridized carbons (Fsp3) is 1.00. The molecule has 1 N–H and O–H groups in total. The normalized spacial score (nSPS) is 18.9. The number of methoxy groups -OCH3 is 1. The van der Waals surface area contributed by atoms with Crippen LogP contribution in [0.25, 0.3) is 0 Å². The molecule has 1 aliphatic carbocycles. The molecule has 0 aromatic heterocycles. The lowest BCUT2D eigenvalue weighted by Gasteiger charge is -2.39. The maximum absolute atomic E-state index is 6.30. The first-order chi connectivity index (χ1) is 9.97. The van der Waals surface area contributed by atoms with Gasteiger partial charge in [0.1, 0.15) is 0 Å². The first-order valence-electron chi connectivity index (χ1n) is 8.43. The van der Waals surface area contributed by atoms with Crippen molar-refractivity contribution in [2.75, 3.05) is 40.1 Å². The molecule has 1 aliphatic rings. The largest absolute Gasteiger partial charge is 0.382 e. The highest BCUT2D eigenvalue weighted by Gasteiger charge is 2.33. The van der Waals surface area contributed by atoms with Crippen LogP contribution in [0.2, 0.25) is 0 Å². The van der Waals surface area contributed by atoms with Crippen LogP contribution in [0.3, 0.4) is 0 Å². The smallest absolute Gasteiger partial charge is 0.0806 e. The van der Waals surface area contributed by atoms with E-state index in [4.69, 9.17) is 14.2 Å². The number of rotatable bonds is 10. The maximum Gasteiger partial charge on any atom is 0.0806 e. The Morgan fingerprint density at radius 2 is 1.67 bits per heavy atom. The Kier molecular flexibility index (Phi) is 8.79. The van der Waals surface area contributed by atoms with Crippen LogP contribution < -0.4 is 5.32 Å². The molecular weight excluding hydrogens is 266 g/mol. The number of hydrogen-bond acceptors (Lipinski definition) is 4. The van der Waals surface area contributed by atoms with E-state index in [0.717, 1.165) is 26.2 Å². The molecule has 0 aromatic rings. The Hall–Kier alpha value is -0.160. The molecule has 4 nitrogen and oxygen atoms in total. The van der Waals surface area contributed by atoms with Gasteiger partial charge in [-0.3, -0.25) is 0 Å². The Morgan fingerprint density at radius 3 is 2.29 bits per heavy atom. The molecule has 1 fully saturated rings. The fourth-order valence-corrected chi connectivity index (χ4v) is 2.69. The first-order valence-corrected chi connectivity index (χ1v) is 8.43. The quantitative estimate of drug-likeness (QED) is 0.629. The SMILES string of the molecule is COCCOCCCOC1(CNC(C)(C)C)CCCCC1. The molecule has 1 rings (SSSR count). The third-order valence-corrected chi connectivity index (χ3v) is 3.98. The predicted octanol–water partition coefficient (Wildman–Crippen LogP) is 3.15. The Morgan fingerprint density at radius 1 is 0.952 bits per heavy atom. The Bertz CT molecular complexity index is 257. The van der Waals surface area contributed by atoms with Gasteiger partial charge in [-0.25, -0.2) is 0 Å². The first kappa shape index (κ1) is 18.9. The van der Waals surface area contributed by atoms with E-state index in [0.29, 0.717) is 13.2 Å². The van der Waals surface area contributed by atoms with Gasteiger partial charge in [-0.05, 0) is 40.0 Å². The number of nitrogens with one attached hydrogen (secondary N) is 1. The number of hydrogen-bond donors (Lipinski definition) is 1. The van der Waals surface area contributed by atoms with E-state index in [1.165, 1.54) is 32.1 Å². The van der Waals surface area contributed by atoms with Gasteiger partial charge in [-0.2, -0.15) is 0 Å². The Labute approximate surface area is 130 Å². The highest BCUT2D eigenvalue weighted by molar-refractivity contribution is 4.89. The Balaban J connectivity index is 2.26. The van der Waals surface area contributed by atoms with Crippen LogP contribution in [0.1, 0.15) is 59.3 Å². The molecule has 0 spiro atoms. The molecule has 0 amide bonds. The van der Waals surface area contributed by atoms with E-state index in [9.17, 15) is 0 Å². The summed E-state index contributed by atoms with van der Waals surface area (Å²) in [6.07, 6.45) is 7.25. The van der Waals surface area contributed by atoms with Crippen LogP contribution in [0.15, 0.2) is 0 Å². The van der Waals surface area contributed by atoms with Crippen molar-refractivity contribution < 1.29 is 14.2 Å². The lowest BCUT2D eigenvalue weighted by molar-refractivity contribution is -0.0771. The summed E-state index contributed by atoms with van der Waals surface area (Å²) < 4.78 is 16.7. The summed E-state index contributed by atoms with van der Waals surface area (Å²) in [6, 6.07) is 0. The zero-order chi connectivity index (χ0) is 15.6. The van der Waals surface area contributed by atoms with Crippen LogP contribution in [0, 0.1) is 0 Å². The van der Waals surface area contributed by atoms with Crippen LogP contribution in [-0.4, -0.2) is 51.2 Å². The fourth-order valence-electron chi connectivity index (χ4n) is 2.69. The summed E-state index contributed by atoms with van der Waals surface area (Å²) >= 11 is 0. The van der Waals surface area contributed by atoms with E-state index in [2.05, 4.69) is 26.1 Å². The summed E-state index contributed by atoms with van der Waals surface area (Å²) in [5.41, 5.74) is 0.190. The van der Waals surface area contributed by atoms with Crippen molar-refractivity contribution in [2.24, 2.45) is 0 Å². The van der Waals surface area contributed by atoms with Gasteiger partial charge in [-0.15, -0.1) is 0 Å². The van der Waals surface area contributed by atoms with E-state index in [1.807, 2.05) is 0 Å². The van der Waals surface area contributed by atoms with Gasteiger partial charge in [0.25, 0.3) is 0 Å². The average molecular weight is 301 g/mol. The van der Waals surface area contributed by atoms with Gasteiger partial charge in [-0.1, -0.05) is 19.3 Å². The topological polar surface area (TPSA) is 39.7 Å². The van der Waals surface area contributed by atoms with Gasteiger partial charge in [0.15, 0.2) is 0 Å². The van der Waals surface area contributed by atoms with Crippen LogP contribution in [0.5, 0.6) is 0 Å². The minimum Gasteiger partial charge on any atom is -0.382 e. The van der Waals surface area contributed by atoms with Gasteiger partial charge in [0, 0.05) is 32.4 Å². The van der Waals surface area contributed by atoms with E-state index in [1.54, 1.807) is 7.11 Å². The van der Waals surface area contributed by atoms with Gasteiger partial charge < -0.3 is 19.5 Å². The second kappa shape index (κ2) is 9.78. The van der Waals surface area contributed by atoms with Gasteiger partial charge >= 0.3 is 0 Å². The van der Waals surface area contributed by atoms with Crippen LogP contribution >= 0.6 is 0 Å². The lowest BCUT2D eigenvalue weighted by Crippen LogP contribution is -2.50. The van der Waals surface area contributed by atoms with Crippen molar-refractivity contribution in [3.63, 3.8) is 0 Å². The predicted molar refractivity (Wildman–Crippen MR) is 86.8 cm³/mol. The zero-order valence-corrected chi connectivity index (χ0v) is 14.5. The maximum atomic E-state index is 6.30. The van der Waals surface area contributed by atoms with E-state index in [-0.39, 0.29) is 11.1 Å². The molecule has 126 valence electrons. The summed E-state index contributed by atoms with van der Waals surface area (Å²) in [4.78, 5) is 0. The summed E-state index contributed by atoms with van der Waals surface area (Å²) in [5, 5.41) is 3.63. The second-order valence-electron chi connectivity index (χ2n) is 7.15. The molecule has 0 unspecified atom stereocenters. The van der Waals surface area contributed by atoms with E-state index < -0.39 is 0 Å². The van der Waals surface area contributed by atoms with Gasteiger partial charge in [0.05, 0.1) is 18.8 Å². The molecule has 1 saturated carbocycles. The van der Waals surface area contributed by atoms with Crippen molar-refractivity contribution in [1.29, 1.82) is 0 Å².